The molecule has 3 nitrogen and oxygen atoms in total. The molecule has 0 saturated heterocycles. The molecule has 0 aliphatic rings. The first-order valence-corrected chi connectivity index (χ1v) is 6.07. The molecule has 0 bridgehead atoms. The van der Waals surface area contributed by atoms with Gasteiger partial charge in [-0.3, -0.25) is 4.79 Å². The summed E-state index contributed by atoms with van der Waals surface area (Å²) >= 11 is 7.53. The van der Waals surface area contributed by atoms with E-state index in [1.807, 2.05) is 6.92 Å². The number of rotatable bonds is 4. The van der Waals surface area contributed by atoms with Crippen LogP contribution in [0.15, 0.2) is 23.1 Å². The van der Waals surface area contributed by atoms with Gasteiger partial charge in [-0.25, -0.2) is 0 Å². The molecule has 2 N–H and O–H groups in total. The largest absolute Gasteiger partial charge is 0.469 e. The van der Waals surface area contributed by atoms with Gasteiger partial charge in [0.25, 0.3) is 0 Å². The molecule has 0 heterocycles. The number of esters is 1. The van der Waals surface area contributed by atoms with Gasteiger partial charge in [-0.15, -0.1) is 11.8 Å². The van der Waals surface area contributed by atoms with Crippen LogP contribution in [0, 0.1) is 0 Å². The van der Waals surface area contributed by atoms with Gasteiger partial charge in [-0.05, 0) is 18.2 Å². The van der Waals surface area contributed by atoms with Gasteiger partial charge < -0.3 is 10.5 Å². The van der Waals surface area contributed by atoms with Crippen LogP contribution in [-0.4, -0.2) is 18.3 Å². The number of hydrogen-bond donors (Lipinski definition) is 1. The SMILES string of the molecule is COC(=O)CC(C)Sc1cc(N)ccc1Cl. The van der Waals surface area contributed by atoms with Crippen LogP contribution in [0.5, 0.6) is 0 Å². The van der Waals surface area contributed by atoms with E-state index >= 15 is 0 Å². The lowest BCUT2D eigenvalue weighted by molar-refractivity contribution is -0.140. The van der Waals surface area contributed by atoms with Crippen molar-refractivity contribution in [1.82, 2.24) is 0 Å². The summed E-state index contributed by atoms with van der Waals surface area (Å²) < 4.78 is 4.60. The van der Waals surface area contributed by atoms with E-state index in [2.05, 4.69) is 4.74 Å². The first-order valence-electron chi connectivity index (χ1n) is 4.81. The summed E-state index contributed by atoms with van der Waals surface area (Å²) in [5, 5.41) is 0.752. The zero-order chi connectivity index (χ0) is 12.1. The molecule has 0 spiro atoms. The van der Waals surface area contributed by atoms with E-state index in [9.17, 15) is 4.79 Å². The lowest BCUT2D eigenvalue weighted by atomic mass is 10.3. The van der Waals surface area contributed by atoms with Gasteiger partial charge in [0.05, 0.1) is 18.6 Å². The summed E-state index contributed by atoms with van der Waals surface area (Å²) in [6.07, 6.45) is 0.353. The van der Waals surface area contributed by atoms with Crippen LogP contribution in [-0.2, 0) is 9.53 Å². The van der Waals surface area contributed by atoms with Gasteiger partial charge in [0.2, 0.25) is 0 Å². The van der Waals surface area contributed by atoms with E-state index in [-0.39, 0.29) is 11.2 Å². The molecule has 1 atom stereocenters. The summed E-state index contributed by atoms with van der Waals surface area (Å²) in [4.78, 5) is 12.0. The number of anilines is 1. The lowest BCUT2D eigenvalue weighted by Gasteiger charge is -2.11. The number of ether oxygens (including phenoxy) is 1. The molecule has 1 unspecified atom stereocenters. The maximum atomic E-state index is 11.1. The van der Waals surface area contributed by atoms with E-state index < -0.39 is 0 Å². The zero-order valence-electron chi connectivity index (χ0n) is 9.20. The van der Waals surface area contributed by atoms with Crippen molar-refractivity contribution < 1.29 is 9.53 Å². The van der Waals surface area contributed by atoms with Crippen molar-refractivity contribution in [1.29, 1.82) is 0 Å². The van der Waals surface area contributed by atoms with Crippen molar-refractivity contribution in [3.63, 3.8) is 0 Å². The van der Waals surface area contributed by atoms with Crippen LogP contribution in [0.4, 0.5) is 5.69 Å². The van der Waals surface area contributed by atoms with E-state index in [1.165, 1.54) is 18.9 Å². The summed E-state index contributed by atoms with van der Waals surface area (Å²) in [6.45, 7) is 1.95. The Hall–Kier alpha value is -0.870. The quantitative estimate of drug-likeness (QED) is 0.513. The Morgan fingerprint density at radius 2 is 2.31 bits per heavy atom. The molecule has 88 valence electrons. The van der Waals surface area contributed by atoms with Gasteiger partial charge in [0, 0.05) is 15.8 Å². The summed E-state index contributed by atoms with van der Waals surface area (Å²) in [5.74, 6) is -0.222. The highest BCUT2D eigenvalue weighted by Gasteiger charge is 2.12. The number of benzene rings is 1. The maximum absolute atomic E-state index is 11.1. The molecule has 0 amide bonds. The topological polar surface area (TPSA) is 52.3 Å². The zero-order valence-corrected chi connectivity index (χ0v) is 10.8. The van der Waals surface area contributed by atoms with Crippen LogP contribution >= 0.6 is 23.4 Å². The Labute approximate surface area is 104 Å². The predicted molar refractivity (Wildman–Crippen MR) is 67.8 cm³/mol. The Morgan fingerprint density at radius 1 is 1.62 bits per heavy atom. The molecule has 1 aromatic rings. The Morgan fingerprint density at radius 3 is 2.94 bits per heavy atom. The van der Waals surface area contributed by atoms with Gasteiger partial charge in [-0.1, -0.05) is 18.5 Å². The summed E-state index contributed by atoms with van der Waals surface area (Å²) in [5.41, 5.74) is 6.33. The first-order chi connectivity index (χ1) is 7.52. The highest BCUT2D eigenvalue weighted by Crippen LogP contribution is 2.33. The fourth-order valence-electron chi connectivity index (χ4n) is 1.19. The first kappa shape index (κ1) is 13.2. The summed E-state index contributed by atoms with van der Waals surface area (Å²) in [7, 11) is 1.38. The average molecular weight is 260 g/mol. The molecular weight excluding hydrogens is 246 g/mol. The standard InChI is InChI=1S/C11H14ClNO2S/c1-7(5-11(14)15-2)16-10-6-8(13)3-4-9(10)12/h3-4,6-7H,5,13H2,1-2H3. The molecule has 0 saturated carbocycles. The van der Waals surface area contributed by atoms with Crippen molar-refractivity contribution in [3.05, 3.63) is 23.2 Å². The van der Waals surface area contributed by atoms with Gasteiger partial charge in [0.1, 0.15) is 0 Å². The van der Waals surface area contributed by atoms with Gasteiger partial charge >= 0.3 is 5.97 Å². The van der Waals surface area contributed by atoms with Gasteiger partial charge in [0.15, 0.2) is 0 Å². The van der Waals surface area contributed by atoms with Crippen molar-refractivity contribution in [2.75, 3.05) is 12.8 Å². The molecule has 0 aliphatic heterocycles. The van der Waals surface area contributed by atoms with Crippen molar-refractivity contribution in [2.24, 2.45) is 0 Å². The summed E-state index contributed by atoms with van der Waals surface area (Å²) in [6, 6.07) is 5.31. The molecule has 16 heavy (non-hydrogen) atoms. The maximum Gasteiger partial charge on any atom is 0.306 e. The van der Waals surface area contributed by atoms with Crippen LogP contribution in [0.2, 0.25) is 5.02 Å². The molecule has 0 aromatic heterocycles. The normalized spacial score (nSPS) is 12.2. The second kappa shape index (κ2) is 6.01. The highest BCUT2D eigenvalue weighted by molar-refractivity contribution is 8.00. The predicted octanol–water partition coefficient (Wildman–Crippen LogP) is 2.97. The fourth-order valence-corrected chi connectivity index (χ4v) is 2.48. The van der Waals surface area contributed by atoms with Gasteiger partial charge in [-0.2, -0.15) is 0 Å². The molecule has 0 aliphatic carbocycles. The Bertz CT molecular complexity index is 384. The average Bonchev–Trinajstić information content (AvgIpc) is 2.23. The van der Waals surface area contributed by atoms with Crippen LogP contribution in [0.3, 0.4) is 0 Å². The number of carbonyl (C=O) groups is 1. The van der Waals surface area contributed by atoms with Crippen LogP contribution in [0.25, 0.3) is 0 Å². The molecule has 0 radical (unpaired) electrons. The second-order valence-electron chi connectivity index (χ2n) is 3.40. The highest BCUT2D eigenvalue weighted by atomic mass is 35.5. The number of nitrogens with two attached hydrogens (primary N) is 1. The molecular formula is C11H14ClNO2S. The van der Waals surface area contributed by atoms with Crippen LogP contribution < -0.4 is 5.73 Å². The van der Waals surface area contributed by atoms with Crippen molar-refractivity contribution in [2.45, 2.75) is 23.5 Å². The van der Waals surface area contributed by atoms with Crippen LogP contribution in [0.1, 0.15) is 13.3 Å². The van der Waals surface area contributed by atoms with Crippen molar-refractivity contribution in [3.8, 4) is 0 Å². The van der Waals surface area contributed by atoms with E-state index in [0.29, 0.717) is 17.1 Å². The van der Waals surface area contributed by atoms with E-state index in [0.717, 1.165) is 4.90 Å². The molecule has 1 rings (SSSR count). The number of nitrogen functional groups attached to an aromatic ring is 1. The fraction of sp³-hybridized carbons (Fsp3) is 0.364. The molecule has 1 aromatic carbocycles. The minimum Gasteiger partial charge on any atom is -0.469 e. The minimum atomic E-state index is -0.222. The minimum absolute atomic E-state index is 0.103. The third-order valence-electron chi connectivity index (χ3n) is 1.97. The molecule has 5 heteroatoms. The third-order valence-corrected chi connectivity index (χ3v) is 3.57. The number of hydrogen-bond acceptors (Lipinski definition) is 4. The van der Waals surface area contributed by atoms with Crippen molar-refractivity contribution >= 4 is 35.0 Å². The number of thioether (sulfide) groups is 1. The monoisotopic (exact) mass is 259 g/mol. The lowest BCUT2D eigenvalue weighted by Crippen LogP contribution is -2.08. The third kappa shape index (κ3) is 3.94. The van der Waals surface area contributed by atoms with E-state index in [1.54, 1.807) is 18.2 Å². The number of carbonyl (C=O) groups excluding carboxylic acids is 1. The smallest absolute Gasteiger partial charge is 0.306 e. The number of halogens is 1. The number of methoxy groups -OCH3 is 1. The Balaban J connectivity index is 2.65. The molecule has 0 fully saturated rings. The van der Waals surface area contributed by atoms with E-state index in [4.69, 9.17) is 17.3 Å². The Kier molecular flexibility index (Phi) is 4.96. The second-order valence-corrected chi connectivity index (χ2v) is 5.29.